The number of fused-ring (bicyclic) bond motifs is 1. The molecule has 20 heavy (non-hydrogen) atoms. The Kier molecular flexibility index (Phi) is 2.73. The quantitative estimate of drug-likeness (QED) is 0.868. The summed E-state index contributed by atoms with van der Waals surface area (Å²) in [6.07, 6.45) is -0.323. The largest absolute Gasteiger partial charge is 0.396 e. The maximum absolute atomic E-state index is 12.7. The molecule has 3 heterocycles. The van der Waals surface area contributed by atoms with Crippen molar-refractivity contribution < 1.29 is 13.2 Å². The molecule has 104 valence electrons. The van der Waals surface area contributed by atoms with E-state index in [4.69, 9.17) is 0 Å². The number of alkyl halides is 3. The number of halogens is 3. The Morgan fingerprint density at radius 3 is 2.75 bits per heavy atom. The van der Waals surface area contributed by atoms with Gasteiger partial charge in [-0.05, 0) is 12.1 Å². The highest BCUT2D eigenvalue weighted by Gasteiger charge is 2.39. The summed E-state index contributed by atoms with van der Waals surface area (Å²) in [5.74, 6) is -1.07. The minimum absolute atomic E-state index is 0.203. The molecular weight excluding hydrogens is 273 g/mol. The highest BCUT2D eigenvalue weighted by atomic mass is 19.4. The number of nitrogens with one attached hydrogen (secondary N) is 1. The van der Waals surface area contributed by atoms with Gasteiger partial charge in [0, 0.05) is 18.8 Å². The first-order chi connectivity index (χ1) is 9.43. The summed E-state index contributed by atoms with van der Waals surface area (Å²) in [6.45, 7) is -0.203. The lowest BCUT2D eigenvalue weighted by molar-refractivity contribution is -0.164. The van der Waals surface area contributed by atoms with Crippen LogP contribution in [0.4, 0.5) is 13.2 Å². The number of imidazole rings is 1. The highest BCUT2D eigenvalue weighted by Crippen LogP contribution is 2.32. The van der Waals surface area contributed by atoms with Crippen molar-refractivity contribution in [1.29, 1.82) is 0 Å². The topological polar surface area (TPSA) is 63.6 Å². The van der Waals surface area contributed by atoms with Crippen LogP contribution in [-0.2, 0) is 6.54 Å². The number of aromatic amines is 1. The minimum atomic E-state index is -4.27. The summed E-state index contributed by atoms with van der Waals surface area (Å²) < 4.78 is 39.4. The fourth-order valence-electron chi connectivity index (χ4n) is 2.01. The molecule has 0 spiro atoms. The van der Waals surface area contributed by atoms with Gasteiger partial charge in [-0.25, -0.2) is 10.1 Å². The van der Waals surface area contributed by atoms with Crippen molar-refractivity contribution in [1.82, 2.24) is 19.7 Å². The summed E-state index contributed by atoms with van der Waals surface area (Å²) in [5, 5.41) is 6.06. The van der Waals surface area contributed by atoms with Crippen LogP contribution < -0.4 is 5.56 Å². The van der Waals surface area contributed by atoms with Crippen LogP contribution in [0.2, 0.25) is 0 Å². The molecule has 0 aromatic carbocycles. The third kappa shape index (κ3) is 2.24. The first kappa shape index (κ1) is 12.6. The first-order valence-corrected chi connectivity index (χ1v) is 5.82. The van der Waals surface area contributed by atoms with Crippen molar-refractivity contribution in [2.75, 3.05) is 0 Å². The van der Waals surface area contributed by atoms with Gasteiger partial charge in [-0.1, -0.05) is 6.08 Å². The van der Waals surface area contributed by atoms with Gasteiger partial charge >= 0.3 is 6.18 Å². The molecule has 1 aliphatic heterocycles. The van der Waals surface area contributed by atoms with E-state index in [2.05, 4.69) is 15.2 Å². The zero-order valence-electron chi connectivity index (χ0n) is 10.1. The van der Waals surface area contributed by atoms with Crippen LogP contribution in [0, 0.1) is 5.92 Å². The van der Waals surface area contributed by atoms with Crippen LogP contribution >= 0.6 is 0 Å². The molecule has 2 aromatic heterocycles. The smallest absolute Gasteiger partial charge is 0.330 e. The molecule has 0 amide bonds. The lowest BCUT2D eigenvalue weighted by Crippen LogP contribution is -2.27. The molecule has 1 unspecified atom stereocenters. The third-order valence-electron chi connectivity index (χ3n) is 3.04. The van der Waals surface area contributed by atoms with Crippen LogP contribution in [0.15, 0.2) is 29.2 Å². The Hall–Kier alpha value is -2.38. The Morgan fingerprint density at radius 2 is 2.10 bits per heavy atom. The zero-order chi connectivity index (χ0) is 14.3. The average Bonchev–Trinajstić information content (AvgIpc) is 2.81. The van der Waals surface area contributed by atoms with Gasteiger partial charge in [0.1, 0.15) is 17.2 Å². The van der Waals surface area contributed by atoms with Crippen molar-refractivity contribution in [3.63, 3.8) is 0 Å². The lowest BCUT2D eigenvalue weighted by atomic mass is 10.1. The van der Waals surface area contributed by atoms with Crippen LogP contribution in [0.3, 0.4) is 0 Å². The van der Waals surface area contributed by atoms with E-state index in [0.717, 1.165) is 6.08 Å². The number of rotatable bonds is 1. The molecule has 1 N–H and O–H groups in total. The summed E-state index contributed by atoms with van der Waals surface area (Å²) in [4.78, 5) is 15.1. The normalized spacial score (nSPS) is 18.1. The van der Waals surface area contributed by atoms with E-state index < -0.39 is 12.1 Å². The van der Waals surface area contributed by atoms with E-state index in [-0.39, 0.29) is 12.1 Å². The average molecular weight is 282 g/mol. The summed E-state index contributed by atoms with van der Waals surface area (Å²) in [6, 6.07) is 2.76. The van der Waals surface area contributed by atoms with Crippen molar-refractivity contribution in [3.8, 4) is 11.4 Å². The van der Waals surface area contributed by atoms with Gasteiger partial charge in [0.25, 0.3) is 5.56 Å². The Labute approximate surface area is 110 Å². The monoisotopic (exact) mass is 282 g/mol. The third-order valence-corrected chi connectivity index (χ3v) is 3.04. The second kappa shape index (κ2) is 4.32. The van der Waals surface area contributed by atoms with Crippen molar-refractivity contribution in [2.24, 2.45) is 5.92 Å². The SMILES string of the molecule is O=c1ccc(-c2cn3c(n2)C=CC(C(F)(F)F)C3)n[nH]1. The molecule has 8 heteroatoms. The van der Waals surface area contributed by atoms with Gasteiger partial charge in [0.2, 0.25) is 0 Å². The van der Waals surface area contributed by atoms with Gasteiger partial charge in [-0.3, -0.25) is 4.79 Å². The Morgan fingerprint density at radius 1 is 1.30 bits per heavy atom. The van der Waals surface area contributed by atoms with Gasteiger partial charge in [0.15, 0.2) is 0 Å². The number of aromatic nitrogens is 4. The van der Waals surface area contributed by atoms with E-state index in [1.807, 2.05) is 0 Å². The standard InChI is InChI=1S/C12H9F3N4O/c13-12(14,15)7-1-3-10-16-9(6-19(10)5-7)8-2-4-11(20)18-17-8/h1-4,6-7H,5H2,(H,18,20). The highest BCUT2D eigenvalue weighted by molar-refractivity contribution is 5.56. The van der Waals surface area contributed by atoms with Crippen LogP contribution in [0.5, 0.6) is 0 Å². The molecule has 0 saturated carbocycles. The summed E-state index contributed by atoms with van der Waals surface area (Å²) in [7, 11) is 0. The molecule has 0 bridgehead atoms. The van der Waals surface area contributed by atoms with Gasteiger partial charge in [-0.15, -0.1) is 0 Å². The number of H-pyrrole nitrogens is 1. The molecule has 0 radical (unpaired) electrons. The number of hydrogen-bond donors (Lipinski definition) is 1. The molecule has 0 saturated heterocycles. The summed E-state index contributed by atoms with van der Waals surface area (Å²) >= 11 is 0. The van der Waals surface area contributed by atoms with Gasteiger partial charge < -0.3 is 4.57 Å². The molecule has 5 nitrogen and oxygen atoms in total. The van der Waals surface area contributed by atoms with Crippen molar-refractivity contribution in [3.05, 3.63) is 40.6 Å². The molecule has 2 aromatic rings. The fourth-order valence-corrected chi connectivity index (χ4v) is 2.01. The number of nitrogens with zero attached hydrogens (tertiary/aromatic N) is 3. The second-order valence-electron chi connectivity index (χ2n) is 4.45. The predicted molar refractivity (Wildman–Crippen MR) is 64.7 cm³/mol. The second-order valence-corrected chi connectivity index (χ2v) is 4.45. The lowest BCUT2D eigenvalue weighted by Gasteiger charge is -2.21. The van der Waals surface area contributed by atoms with E-state index in [1.165, 1.54) is 29.0 Å². The van der Waals surface area contributed by atoms with E-state index in [9.17, 15) is 18.0 Å². The fraction of sp³-hybridized carbons (Fsp3) is 0.250. The molecular formula is C12H9F3N4O. The molecule has 1 atom stereocenters. The van der Waals surface area contributed by atoms with Crippen molar-refractivity contribution >= 4 is 6.08 Å². The maximum atomic E-state index is 12.7. The van der Waals surface area contributed by atoms with E-state index >= 15 is 0 Å². The Bertz CT molecular complexity index is 709. The Balaban J connectivity index is 1.94. The van der Waals surface area contributed by atoms with Crippen LogP contribution in [-0.4, -0.2) is 25.9 Å². The van der Waals surface area contributed by atoms with E-state index in [0.29, 0.717) is 17.2 Å². The minimum Gasteiger partial charge on any atom is -0.330 e. The van der Waals surface area contributed by atoms with Crippen LogP contribution in [0.1, 0.15) is 5.82 Å². The van der Waals surface area contributed by atoms with Gasteiger partial charge in [-0.2, -0.15) is 18.3 Å². The molecule has 1 aliphatic rings. The first-order valence-electron chi connectivity index (χ1n) is 5.82. The van der Waals surface area contributed by atoms with E-state index in [1.54, 1.807) is 0 Å². The maximum Gasteiger partial charge on any atom is 0.396 e. The molecule has 3 rings (SSSR count). The van der Waals surface area contributed by atoms with Gasteiger partial charge in [0.05, 0.1) is 5.92 Å². The predicted octanol–water partition coefficient (Wildman–Crippen LogP) is 1.84. The molecule has 0 aliphatic carbocycles. The van der Waals surface area contributed by atoms with Crippen molar-refractivity contribution in [2.45, 2.75) is 12.7 Å². The number of hydrogen-bond acceptors (Lipinski definition) is 3. The number of allylic oxidation sites excluding steroid dienone is 1. The molecule has 0 fully saturated rings. The zero-order valence-corrected chi connectivity index (χ0v) is 10.1. The summed E-state index contributed by atoms with van der Waals surface area (Å²) in [5.41, 5.74) is 0.474. The van der Waals surface area contributed by atoms with Crippen LogP contribution in [0.25, 0.3) is 17.5 Å².